The van der Waals surface area contributed by atoms with Crippen LogP contribution in [0.2, 0.25) is 0 Å². The number of unbranched alkanes of at least 4 members (excludes halogenated alkanes) is 1. The van der Waals surface area contributed by atoms with Crippen molar-refractivity contribution >= 4 is 5.91 Å². The van der Waals surface area contributed by atoms with Crippen molar-refractivity contribution in [3.8, 4) is 0 Å². The second-order valence-corrected chi connectivity index (χ2v) is 4.63. The van der Waals surface area contributed by atoms with Crippen LogP contribution in [0.4, 0.5) is 0 Å². The molecule has 1 aromatic carbocycles. The van der Waals surface area contributed by atoms with Crippen molar-refractivity contribution in [3.63, 3.8) is 0 Å². The van der Waals surface area contributed by atoms with Gasteiger partial charge in [-0.2, -0.15) is 0 Å². The zero-order valence-electron chi connectivity index (χ0n) is 11.0. The lowest BCUT2D eigenvalue weighted by atomic mass is 10.0. The van der Waals surface area contributed by atoms with Crippen molar-refractivity contribution in [3.05, 3.63) is 34.9 Å². The molecule has 0 saturated heterocycles. The van der Waals surface area contributed by atoms with Crippen LogP contribution in [-0.4, -0.2) is 18.0 Å². The molecule has 0 aliphatic rings. The lowest BCUT2D eigenvalue weighted by molar-refractivity contribution is -0.130. The Bertz CT molecular complexity index is 386. The highest BCUT2D eigenvalue weighted by Gasteiger charge is 2.03. The monoisotopic (exact) mass is 234 g/mol. The summed E-state index contributed by atoms with van der Waals surface area (Å²) in [6.07, 6.45) is 3.50. The first kappa shape index (κ1) is 13.7. The maximum atomic E-state index is 11.3. The van der Waals surface area contributed by atoms with E-state index < -0.39 is 0 Å². The second-order valence-electron chi connectivity index (χ2n) is 4.63. The van der Waals surface area contributed by atoms with Gasteiger partial charge in [-0.1, -0.05) is 18.2 Å². The average Bonchev–Trinajstić information content (AvgIpc) is 2.28. The average molecular weight is 234 g/mol. The third-order valence-electron chi connectivity index (χ3n) is 3.07. The Kier molecular flexibility index (Phi) is 5.16. The van der Waals surface area contributed by atoms with Crippen molar-refractivity contribution < 1.29 is 4.79 Å². The molecular formula is C14H22N2O. The van der Waals surface area contributed by atoms with E-state index in [-0.39, 0.29) is 5.91 Å². The fourth-order valence-electron chi connectivity index (χ4n) is 1.74. The first-order chi connectivity index (χ1) is 8.00. The summed E-state index contributed by atoms with van der Waals surface area (Å²) >= 11 is 0. The Morgan fingerprint density at radius 1 is 1.24 bits per heavy atom. The number of amides is 1. The Balaban J connectivity index is 2.31. The summed E-state index contributed by atoms with van der Waals surface area (Å²) in [6.45, 7) is 4.25. The number of benzene rings is 1. The number of rotatable bonds is 5. The molecule has 0 aliphatic heterocycles. The van der Waals surface area contributed by atoms with E-state index in [1.54, 1.807) is 7.05 Å². The van der Waals surface area contributed by atoms with Gasteiger partial charge in [-0.3, -0.25) is 9.80 Å². The molecule has 0 atom stereocenters. The molecule has 17 heavy (non-hydrogen) atoms. The minimum atomic E-state index is 0.00471. The Labute approximate surface area is 104 Å². The van der Waals surface area contributed by atoms with Gasteiger partial charge in [-0.25, -0.2) is 5.84 Å². The molecule has 0 aromatic heterocycles. The SMILES string of the molecule is Cc1ccc(CCCCC(=O)N(C)N)cc1C. The number of hydrazine groups is 1. The minimum absolute atomic E-state index is 0.00471. The lowest BCUT2D eigenvalue weighted by Gasteiger charge is -2.09. The van der Waals surface area contributed by atoms with Crippen LogP contribution in [0.5, 0.6) is 0 Å². The molecule has 3 nitrogen and oxygen atoms in total. The van der Waals surface area contributed by atoms with Crippen molar-refractivity contribution in [1.82, 2.24) is 5.01 Å². The van der Waals surface area contributed by atoms with Gasteiger partial charge >= 0.3 is 0 Å². The maximum Gasteiger partial charge on any atom is 0.236 e. The molecule has 1 rings (SSSR count). The first-order valence-corrected chi connectivity index (χ1v) is 6.08. The maximum absolute atomic E-state index is 11.3. The Hall–Kier alpha value is -1.35. The van der Waals surface area contributed by atoms with E-state index >= 15 is 0 Å². The van der Waals surface area contributed by atoms with E-state index in [1.807, 2.05) is 0 Å². The van der Waals surface area contributed by atoms with Gasteiger partial charge in [0.25, 0.3) is 0 Å². The van der Waals surface area contributed by atoms with Crippen LogP contribution in [0.25, 0.3) is 0 Å². The van der Waals surface area contributed by atoms with Crippen LogP contribution in [0.1, 0.15) is 36.0 Å². The van der Waals surface area contributed by atoms with E-state index in [2.05, 4.69) is 32.0 Å². The summed E-state index contributed by atoms with van der Waals surface area (Å²) in [5.41, 5.74) is 4.01. The Morgan fingerprint density at radius 2 is 1.94 bits per heavy atom. The van der Waals surface area contributed by atoms with Gasteiger partial charge in [-0.15, -0.1) is 0 Å². The first-order valence-electron chi connectivity index (χ1n) is 6.08. The molecule has 0 bridgehead atoms. The quantitative estimate of drug-likeness (QED) is 0.368. The summed E-state index contributed by atoms with van der Waals surface area (Å²) in [5.74, 6) is 5.35. The highest BCUT2D eigenvalue weighted by molar-refractivity contribution is 5.75. The van der Waals surface area contributed by atoms with Crippen LogP contribution in [0.3, 0.4) is 0 Å². The fraction of sp³-hybridized carbons (Fsp3) is 0.500. The third-order valence-corrected chi connectivity index (χ3v) is 3.07. The van der Waals surface area contributed by atoms with E-state index in [0.717, 1.165) is 24.3 Å². The van der Waals surface area contributed by atoms with Crippen molar-refractivity contribution in [1.29, 1.82) is 0 Å². The summed E-state index contributed by atoms with van der Waals surface area (Å²) in [4.78, 5) is 11.3. The van der Waals surface area contributed by atoms with Gasteiger partial charge in [-0.05, 0) is 49.8 Å². The molecule has 0 radical (unpaired) electrons. The zero-order valence-corrected chi connectivity index (χ0v) is 11.0. The van der Waals surface area contributed by atoms with Crippen molar-refractivity contribution in [2.24, 2.45) is 5.84 Å². The zero-order chi connectivity index (χ0) is 12.8. The molecule has 0 unspecified atom stereocenters. The van der Waals surface area contributed by atoms with Gasteiger partial charge in [0.05, 0.1) is 0 Å². The molecule has 94 valence electrons. The molecule has 0 spiro atoms. The lowest BCUT2D eigenvalue weighted by Crippen LogP contribution is -2.32. The molecule has 0 aliphatic carbocycles. The summed E-state index contributed by atoms with van der Waals surface area (Å²) in [6, 6.07) is 6.55. The number of carbonyl (C=O) groups is 1. The number of hydrogen-bond donors (Lipinski definition) is 1. The number of nitrogens with two attached hydrogens (primary N) is 1. The molecule has 0 heterocycles. The van der Waals surface area contributed by atoms with Gasteiger partial charge in [0, 0.05) is 13.5 Å². The molecule has 1 aromatic rings. The highest BCUT2D eigenvalue weighted by Crippen LogP contribution is 2.12. The van der Waals surface area contributed by atoms with Gasteiger partial charge in [0.2, 0.25) is 5.91 Å². The van der Waals surface area contributed by atoms with Gasteiger partial charge < -0.3 is 0 Å². The van der Waals surface area contributed by atoms with E-state index in [9.17, 15) is 4.79 Å². The third kappa shape index (κ3) is 4.57. The smallest absolute Gasteiger partial charge is 0.236 e. The number of nitrogens with zero attached hydrogens (tertiary/aromatic N) is 1. The van der Waals surface area contributed by atoms with Gasteiger partial charge in [0.15, 0.2) is 0 Å². The van der Waals surface area contributed by atoms with Crippen LogP contribution in [0.15, 0.2) is 18.2 Å². The number of hydrogen-bond acceptors (Lipinski definition) is 2. The molecule has 0 saturated carbocycles. The normalized spacial score (nSPS) is 10.4. The van der Waals surface area contributed by atoms with Crippen LogP contribution >= 0.6 is 0 Å². The van der Waals surface area contributed by atoms with E-state index in [1.165, 1.54) is 16.7 Å². The predicted octanol–water partition coefficient (Wildman–Crippen LogP) is 2.35. The number of aryl methyl sites for hydroxylation is 3. The summed E-state index contributed by atoms with van der Waals surface area (Å²) in [5, 5.41) is 1.16. The van der Waals surface area contributed by atoms with Crippen LogP contribution in [0, 0.1) is 13.8 Å². The van der Waals surface area contributed by atoms with Gasteiger partial charge in [0.1, 0.15) is 0 Å². The summed E-state index contributed by atoms with van der Waals surface area (Å²) < 4.78 is 0. The largest absolute Gasteiger partial charge is 0.284 e. The topological polar surface area (TPSA) is 46.3 Å². The second kappa shape index (κ2) is 6.40. The van der Waals surface area contributed by atoms with E-state index in [4.69, 9.17) is 5.84 Å². The van der Waals surface area contributed by atoms with Crippen molar-refractivity contribution in [2.45, 2.75) is 39.5 Å². The predicted molar refractivity (Wildman–Crippen MR) is 70.4 cm³/mol. The summed E-state index contributed by atoms with van der Waals surface area (Å²) in [7, 11) is 1.59. The Morgan fingerprint density at radius 3 is 2.53 bits per heavy atom. The molecular weight excluding hydrogens is 212 g/mol. The van der Waals surface area contributed by atoms with Crippen LogP contribution < -0.4 is 5.84 Å². The molecule has 3 heteroatoms. The number of carbonyl (C=O) groups excluding carboxylic acids is 1. The molecule has 0 fully saturated rings. The van der Waals surface area contributed by atoms with Crippen molar-refractivity contribution in [2.75, 3.05) is 7.05 Å². The van der Waals surface area contributed by atoms with E-state index in [0.29, 0.717) is 6.42 Å². The van der Waals surface area contributed by atoms with Crippen LogP contribution in [-0.2, 0) is 11.2 Å². The minimum Gasteiger partial charge on any atom is -0.284 e. The molecule has 1 amide bonds. The highest BCUT2D eigenvalue weighted by atomic mass is 16.2. The molecule has 2 N–H and O–H groups in total. The standard InChI is InChI=1S/C14H22N2O/c1-11-8-9-13(10-12(11)2)6-4-5-7-14(17)16(3)15/h8-10H,4-7,15H2,1-3H3. The fourth-order valence-corrected chi connectivity index (χ4v) is 1.74.